The van der Waals surface area contributed by atoms with Crippen LogP contribution in [0.5, 0.6) is 5.75 Å². The number of carbonyl (C=O) groups excluding carboxylic acids is 2. The first kappa shape index (κ1) is 17.9. The third-order valence-electron chi connectivity index (χ3n) is 4.67. The molecule has 0 radical (unpaired) electrons. The Morgan fingerprint density at radius 2 is 2.15 bits per heavy atom. The lowest BCUT2D eigenvalue weighted by Crippen LogP contribution is -2.36. The van der Waals surface area contributed by atoms with Gasteiger partial charge in [-0.05, 0) is 41.8 Å². The molecule has 3 rings (SSSR count). The molecule has 1 aliphatic rings. The van der Waals surface area contributed by atoms with Gasteiger partial charge in [0.25, 0.3) is 0 Å². The number of aryl methyl sites for hydroxylation is 1. The molecule has 0 aliphatic carbocycles. The number of aromatic nitrogens is 1. The molecule has 1 aromatic heterocycles. The molecule has 0 saturated heterocycles. The third kappa shape index (κ3) is 3.69. The minimum absolute atomic E-state index is 0.101. The number of nitrogens with one attached hydrogen (secondary N) is 1. The van der Waals surface area contributed by atoms with Gasteiger partial charge in [0.2, 0.25) is 11.8 Å². The molecule has 26 heavy (non-hydrogen) atoms. The Labute approximate surface area is 153 Å². The maximum Gasteiger partial charge on any atom is 0.230 e. The van der Waals surface area contributed by atoms with Crippen LogP contribution in [-0.4, -0.2) is 35.9 Å². The van der Waals surface area contributed by atoms with Gasteiger partial charge in [-0.15, -0.1) is 0 Å². The van der Waals surface area contributed by atoms with Gasteiger partial charge in [-0.25, -0.2) is 0 Å². The number of likely N-dealkylation sites (N-methyl/N-ethyl adjacent to an activating group) is 1. The van der Waals surface area contributed by atoms with Gasteiger partial charge in [-0.3, -0.25) is 14.6 Å². The highest BCUT2D eigenvalue weighted by Gasteiger charge is 2.33. The van der Waals surface area contributed by atoms with Gasteiger partial charge in [-0.1, -0.05) is 13.0 Å². The van der Waals surface area contributed by atoms with Crippen LogP contribution in [0.3, 0.4) is 0 Å². The predicted octanol–water partition coefficient (Wildman–Crippen LogP) is 2.74. The fourth-order valence-corrected chi connectivity index (χ4v) is 3.13. The largest absolute Gasteiger partial charge is 0.497 e. The minimum Gasteiger partial charge on any atom is -0.497 e. The molecule has 1 N–H and O–H groups in total. The zero-order valence-electron chi connectivity index (χ0n) is 15.3. The summed E-state index contributed by atoms with van der Waals surface area (Å²) in [5.74, 6) is -0.110. The third-order valence-corrected chi connectivity index (χ3v) is 4.67. The maximum atomic E-state index is 13.0. The van der Waals surface area contributed by atoms with Crippen LogP contribution in [0.25, 0.3) is 0 Å². The van der Waals surface area contributed by atoms with Crippen molar-refractivity contribution in [3.8, 4) is 5.75 Å². The topological polar surface area (TPSA) is 71.5 Å². The summed E-state index contributed by atoms with van der Waals surface area (Å²) < 4.78 is 5.27. The van der Waals surface area contributed by atoms with E-state index in [-0.39, 0.29) is 18.2 Å². The van der Waals surface area contributed by atoms with E-state index in [9.17, 15) is 9.59 Å². The number of rotatable bonds is 5. The molecule has 0 saturated carbocycles. The van der Waals surface area contributed by atoms with Crippen LogP contribution in [0, 0.1) is 0 Å². The number of nitrogens with zero attached hydrogens (tertiary/aromatic N) is 2. The van der Waals surface area contributed by atoms with Crippen molar-refractivity contribution in [1.29, 1.82) is 0 Å². The van der Waals surface area contributed by atoms with E-state index in [4.69, 9.17) is 4.74 Å². The lowest BCUT2D eigenvalue weighted by molar-refractivity contribution is -0.134. The van der Waals surface area contributed by atoms with Crippen LogP contribution in [0.4, 0.5) is 5.69 Å². The molecule has 6 nitrogen and oxygen atoms in total. The van der Waals surface area contributed by atoms with Gasteiger partial charge < -0.3 is 15.0 Å². The summed E-state index contributed by atoms with van der Waals surface area (Å²) in [6, 6.07) is 9.33. The molecule has 0 unspecified atom stereocenters. The van der Waals surface area contributed by atoms with Gasteiger partial charge in [0.15, 0.2) is 0 Å². The van der Waals surface area contributed by atoms with E-state index in [0.29, 0.717) is 18.0 Å². The van der Waals surface area contributed by atoms with Gasteiger partial charge >= 0.3 is 0 Å². The molecule has 2 aromatic rings. The quantitative estimate of drug-likeness (QED) is 0.897. The average Bonchev–Trinajstić information content (AvgIpc) is 2.66. The first-order valence-corrected chi connectivity index (χ1v) is 8.68. The summed E-state index contributed by atoms with van der Waals surface area (Å²) in [4.78, 5) is 31.1. The SMILES string of the molecule is CCc1ccc(CN(C)C(=O)[C@@H]2CC(=O)Nc3ccc(OC)cc32)nc1. The number of hydrogen-bond donors (Lipinski definition) is 1. The molecule has 0 spiro atoms. The summed E-state index contributed by atoms with van der Waals surface area (Å²) in [5.41, 5.74) is 3.44. The molecule has 1 aliphatic heterocycles. The van der Waals surface area contributed by atoms with E-state index in [0.717, 1.165) is 23.2 Å². The lowest BCUT2D eigenvalue weighted by Gasteiger charge is -2.28. The van der Waals surface area contributed by atoms with E-state index in [1.165, 1.54) is 0 Å². The van der Waals surface area contributed by atoms with Crippen molar-refractivity contribution in [3.05, 3.63) is 53.3 Å². The lowest BCUT2D eigenvalue weighted by atomic mass is 9.89. The summed E-state index contributed by atoms with van der Waals surface area (Å²) in [6.45, 7) is 2.48. The van der Waals surface area contributed by atoms with Crippen molar-refractivity contribution in [3.63, 3.8) is 0 Å². The molecule has 6 heteroatoms. The number of hydrogen-bond acceptors (Lipinski definition) is 4. The van der Waals surface area contributed by atoms with Crippen molar-refractivity contribution in [2.45, 2.75) is 32.2 Å². The summed E-state index contributed by atoms with van der Waals surface area (Å²) in [7, 11) is 3.32. The molecular weight excluding hydrogens is 330 g/mol. The Kier molecular flexibility index (Phi) is 5.21. The number of fused-ring (bicyclic) bond motifs is 1. The fourth-order valence-electron chi connectivity index (χ4n) is 3.13. The standard InChI is InChI=1S/C20H23N3O3/c1-4-13-5-6-14(21-11-13)12-23(2)20(25)17-10-19(24)22-18-8-7-15(26-3)9-16(17)18/h5-9,11,17H,4,10,12H2,1-3H3,(H,22,24)/t17-/m1/s1. The van der Waals surface area contributed by atoms with Crippen LogP contribution in [0.2, 0.25) is 0 Å². The number of ether oxygens (including phenoxy) is 1. The van der Waals surface area contributed by atoms with Crippen LogP contribution in [0.1, 0.15) is 36.1 Å². The second-order valence-electron chi connectivity index (χ2n) is 6.46. The Balaban J connectivity index is 1.81. The summed E-state index contributed by atoms with van der Waals surface area (Å²) >= 11 is 0. The highest BCUT2D eigenvalue weighted by molar-refractivity contribution is 6.01. The molecule has 136 valence electrons. The number of pyridine rings is 1. The zero-order chi connectivity index (χ0) is 18.7. The van der Waals surface area contributed by atoms with E-state index >= 15 is 0 Å². The first-order valence-electron chi connectivity index (χ1n) is 8.68. The van der Waals surface area contributed by atoms with Crippen molar-refractivity contribution in [2.75, 3.05) is 19.5 Å². The molecule has 2 amide bonds. The average molecular weight is 353 g/mol. The van der Waals surface area contributed by atoms with Crippen LogP contribution in [0.15, 0.2) is 36.5 Å². The van der Waals surface area contributed by atoms with Gasteiger partial charge in [-0.2, -0.15) is 0 Å². The molecule has 0 fully saturated rings. The number of benzene rings is 1. The number of methoxy groups -OCH3 is 1. The fraction of sp³-hybridized carbons (Fsp3) is 0.350. The monoisotopic (exact) mass is 353 g/mol. The van der Waals surface area contributed by atoms with Crippen molar-refractivity contribution >= 4 is 17.5 Å². The van der Waals surface area contributed by atoms with Crippen molar-refractivity contribution < 1.29 is 14.3 Å². The Bertz CT molecular complexity index is 818. The molecular formula is C20H23N3O3. The number of amides is 2. The van der Waals surface area contributed by atoms with E-state index < -0.39 is 5.92 Å². The van der Waals surface area contributed by atoms with Crippen molar-refractivity contribution in [1.82, 2.24) is 9.88 Å². The maximum absolute atomic E-state index is 13.0. The second-order valence-corrected chi connectivity index (χ2v) is 6.46. The highest BCUT2D eigenvalue weighted by Crippen LogP contribution is 2.36. The van der Waals surface area contributed by atoms with Crippen LogP contribution < -0.4 is 10.1 Å². The molecule has 1 aromatic carbocycles. The molecule has 0 bridgehead atoms. The first-order chi connectivity index (χ1) is 12.5. The summed E-state index contributed by atoms with van der Waals surface area (Å²) in [5, 5.41) is 2.82. The highest BCUT2D eigenvalue weighted by atomic mass is 16.5. The smallest absolute Gasteiger partial charge is 0.230 e. The van der Waals surface area contributed by atoms with Gasteiger partial charge in [0.1, 0.15) is 5.75 Å². The normalized spacial score (nSPS) is 15.8. The van der Waals surface area contributed by atoms with Gasteiger partial charge in [0.05, 0.1) is 25.3 Å². The van der Waals surface area contributed by atoms with E-state index in [1.54, 1.807) is 31.2 Å². The minimum atomic E-state index is -0.520. The number of carbonyl (C=O) groups is 2. The number of anilines is 1. The zero-order valence-corrected chi connectivity index (χ0v) is 15.3. The van der Waals surface area contributed by atoms with E-state index in [1.807, 2.05) is 24.4 Å². The Morgan fingerprint density at radius 1 is 1.35 bits per heavy atom. The predicted molar refractivity (Wildman–Crippen MR) is 99.1 cm³/mol. The second kappa shape index (κ2) is 7.56. The molecule has 2 heterocycles. The van der Waals surface area contributed by atoms with E-state index in [2.05, 4.69) is 17.2 Å². The van der Waals surface area contributed by atoms with Crippen molar-refractivity contribution in [2.24, 2.45) is 0 Å². The van der Waals surface area contributed by atoms with Crippen LogP contribution in [-0.2, 0) is 22.6 Å². The molecule has 1 atom stereocenters. The Morgan fingerprint density at radius 3 is 2.81 bits per heavy atom. The summed E-state index contributed by atoms with van der Waals surface area (Å²) in [6.07, 6.45) is 2.89. The van der Waals surface area contributed by atoms with Gasteiger partial charge in [0, 0.05) is 25.4 Å². The Hall–Kier alpha value is -2.89. The van der Waals surface area contributed by atoms with Crippen LogP contribution >= 0.6 is 0 Å².